The molecule has 0 amide bonds. The van der Waals surface area contributed by atoms with Gasteiger partial charge in [-0.05, 0) is 24.5 Å². The highest BCUT2D eigenvalue weighted by Gasteiger charge is 2.09. The van der Waals surface area contributed by atoms with Crippen LogP contribution in [0.1, 0.15) is 30.0 Å². The van der Waals surface area contributed by atoms with Crippen molar-refractivity contribution in [2.75, 3.05) is 5.32 Å². The predicted octanol–water partition coefficient (Wildman–Crippen LogP) is 4.00. The van der Waals surface area contributed by atoms with Crippen molar-refractivity contribution >= 4 is 17.4 Å². The first-order valence-electron chi connectivity index (χ1n) is 6.50. The number of benzene rings is 1. The van der Waals surface area contributed by atoms with Gasteiger partial charge in [0.2, 0.25) is 0 Å². The predicted molar refractivity (Wildman–Crippen MR) is 79.5 cm³/mol. The van der Waals surface area contributed by atoms with Gasteiger partial charge in [-0.3, -0.25) is 0 Å². The molecule has 0 aliphatic carbocycles. The second-order valence-corrected chi connectivity index (χ2v) is 4.88. The average molecular weight is 276 g/mol. The van der Waals surface area contributed by atoms with Crippen molar-refractivity contribution in [3.8, 4) is 0 Å². The van der Waals surface area contributed by atoms with Crippen LogP contribution in [-0.2, 0) is 13.0 Å². The zero-order valence-electron chi connectivity index (χ0n) is 11.3. The van der Waals surface area contributed by atoms with E-state index in [-0.39, 0.29) is 0 Å². The third-order valence-corrected chi connectivity index (χ3v) is 3.43. The zero-order valence-corrected chi connectivity index (χ0v) is 12.0. The molecule has 4 heteroatoms. The van der Waals surface area contributed by atoms with Crippen LogP contribution in [0.25, 0.3) is 0 Å². The van der Waals surface area contributed by atoms with Crippen LogP contribution in [-0.4, -0.2) is 9.97 Å². The van der Waals surface area contributed by atoms with Gasteiger partial charge in [-0.15, -0.1) is 0 Å². The monoisotopic (exact) mass is 275 g/mol. The van der Waals surface area contributed by atoms with Crippen molar-refractivity contribution in [3.63, 3.8) is 0 Å². The van der Waals surface area contributed by atoms with Crippen molar-refractivity contribution in [3.05, 3.63) is 52.4 Å². The molecule has 0 bridgehead atoms. The van der Waals surface area contributed by atoms with Crippen LogP contribution in [0.3, 0.4) is 0 Å². The fourth-order valence-corrected chi connectivity index (χ4v) is 2.23. The van der Waals surface area contributed by atoms with Crippen LogP contribution >= 0.6 is 11.6 Å². The lowest BCUT2D eigenvalue weighted by Crippen LogP contribution is -2.07. The smallest absolute Gasteiger partial charge is 0.137 e. The van der Waals surface area contributed by atoms with Gasteiger partial charge in [-0.25, -0.2) is 9.97 Å². The highest BCUT2D eigenvalue weighted by Crippen LogP contribution is 2.22. The van der Waals surface area contributed by atoms with Gasteiger partial charge >= 0.3 is 0 Å². The van der Waals surface area contributed by atoms with Crippen LogP contribution in [0, 0.1) is 6.92 Å². The molecule has 1 aromatic carbocycles. The molecule has 1 heterocycles. The topological polar surface area (TPSA) is 37.8 Å². The van der Waals surface area contributed by atoms with Crippen LogP contribution in [0.2, 0.25) is 5.15 Å². The Morgan fingerprint density at radius 3 is 2.74 bits per heavy atom. The molecule has 0 radical (unpaired) electrons. The average Bonchev–Trinajstić information content (AvgIpc) is 2.41. The van der Waals surface area contributed by atoms with E-state index in [1.54, 1.807) is 0 Å². The lowest BCUT2D eigenvalue weighted by molar-refractivity contribution is 0.896. The molecule has 0 fully saturated rings. The largest absolute Gasteiger partial charge is 0.366 e. The lowest BCUT2D eigenvalue weighted by Gasteiger charge is -2.12. The molecule has 2 aromatic rings. The Morgan fingerprint density at radius 1 is 1.21 bits per heavy atom. The van der Waals surface area contributed by atoms with E-state index in [4.69, 9.17) is 11.6 Å². The van der Waals surface area contributed by atoms with Crippen molar-refractivity contribution in [1.29, 1.82) is 0 Å². The van der Waals surface area contributed by atoms with Crippen LogP contribution in [0.5, 0.6) is 0 Å². The lowest BCUT2D eigenvalue weighted by atomic mass is 10.1. The van der Waals surface area contributed by atoms with Gasteiger partial charge in [0.15, 0.2) is 0 Å². The summed E-state index contributed by atoms with van der Waals surface area (Å²) >= 11 is 6.13. The molecule has 1 N–H and O–H groups in total. The summed E-state index contributed by atoms with van der Waals surface area (Å²) in [6.07, 6.45) is 3.41. The summed E-state index contributed by atoms with van der Waals surface area (Å²) in [6.45, 7) is 4.97. The first kappa shape index (κ1) is 13.8. The van der Waals surface area contributed by atoms with Crippen molar-refractivity contribution in [2.45, 2.75) is 33.2 Å². The van der Waals surface area contributed by atoms with Gasteiger partial charge in [-0.2, -0.15) is 0 Å². The highest BCUT2D eigenvalue weighted by molar-refractivity contribution is 6.30. The second-order valence-electron chi connectivity index (χ2n) is 4.52. The van der Waals surface area contributed by atoms with Crippen LogP contribution in [0.4, 0.5) is 5.82 Å². The molecule has 0 saturated heterocycles. The molecule has 0 aliphatic heterocycles. The molecule has 0 atom stereocenters. The standard InChI is InChI=1S/C15H18ClN3/c1-3-6-13-14(16)18-10-19-15(13)17-9-12-8-5-4-7-11(12)2/h4-5,7-8,10H,3,6,9H2,1-2H3,(H,17,18,19). The molecule has 100 valence electrons. The number of anilines is 1. The summed E-state index contributed by atoms with van der Waals surface area (Å²) in [6, 6.07) is 8.31. The van der Waals surface area contributed by atoms with Crippen molar-refractivity contribution in [1.82, 2.24) is 9.97 Å². The summed E-state index contributed by atoms with van der Waals surface area (Å²) < 4.78 is 0. The van der Waals surface area contributed by atoms with E-state index in [1.807, 2.05) is 12.1 Å². The van der Waals surface area contributed by atoms with Gasteiger partial charge in [0.05, 0.1) is 0 Å². The minimum Gasteiger partial charge on any atom is -0.366 e. The van der Waals surface area contributed by atoms with E-state index in [2.05, 4.69) is 41.3 Å². The van der Waals surface area contributed by atoms with Gasteiger partial charge in [-0.1, -0.05) is 49.2 Å². The fraction of sp³-hybridized carbons (Fsp3) is 0.333. The summed E-state index contributed by atoms with van der Waals surface area (Å²) in [5.74, 6) is 0.838. The van der Waals surface area contributed by atoms with Crippen molar-refractivity contribution < 1.29 is 0 Å². The van der Waals surface area contributed by atoms with Crippen LogP contribution < -0.4 is 5.32 Å². The van der Waals surface area contributed by atoms with E-state index in [0.29, 0.717) is 5.15 Å². The number of hydrogen-bond acceptors (Lipinski definition) is 3. The van der Waals surface area contributed by atoms with E-state index < -0.39 is 0 Å². The first-order valence-corrected chi connectivity index (χ1v) is 6.88. The van der Waals surface area contributed by atoms with Crippen molar-refractivity contribution in [2.24, 2.45) is 0 Å². The van der Waals surface area contributed by atoms with Gasteiger partial charge in [0.25, 0.3) is 0 Å². The number of aryl methyl sites for hydroxylation is 1. The van der Waals surface area contributed by atoms with E-state index in [9.17, 15) is 0 Å². The molecule has 2 rings (SSSR count). The summed E-state index contributed by atoms with van der Waals surface area (Å²) in [7, 11) is 0. The third-order valence-electron chi connectivity index (χ3n) is 3.10. The number of hydrogen-bond donors (Lipinski definition) is 1. The Labute approximate surface area is 119 Å². The fourth-order valence-electron chi connectivity index (χ4n) is 2.00. The minimum absolute atomic E-state index is 0.545. The Kier molecular flexibility index (Phi) is 4.74. The van der Waals surface area contributed by atoms with E-state index in [1.165, 1.54) is 17.5 Å². The maximum Gasteiger partial charge on any atom is 0.137 e. The van der Waals surface area contributed by atoms with Gasteiger partial charge in [0.1, 0.15) is 17.3 Å². The quantitative estimate of drug-likeness (QED) is 0.838. The number of aromatic nitrogens is 2. The first-order chi connectivity index (χ1) is 9.22. The SMILES string of the molecule is CCCc1c(Cl)ncnc1NCc1ccccc1C. The second kappa shape index (κ2) is 6.53. The molecule has 19 heavy (non-hydrogen) atoms. The summed E-state index contributed by atoms with van der Waals surface area (Å²) in [5.41, 5.74) is 3.53. The number of rotatable bonds is 5. The highest BCUT2D eigenvalue weighted by atomic mass is 35.5. The zero-order chi connectivity index (χ0) is 13.7. The third kappa shape index (κ3) is 3.44. The normalized spacial score (nSPS) is 10.5. The minimum atomic E-state index is 0.545. The Hall–Kier alpha value is -1.61. The Bertz CT molecular complexity index is 555. The maximum absolute atomic E-state index is 6.13. The molecular formula is C15H18ClN3. The molecule has 0 aliphatic rings. The molecule has 0 unspecified atom stereocenters. The molecule has 1 aromatic heterocycles. The van der Waals surface area contributed by atoms with Gasteiger partial charge in [0, 0.05) is 12.1 Å². The van der Waals surface area contributed by atoms with Gasteiger partial charge < -0.3 is 5.32 Å². The molecule has 0 spiro atoms. The number of nitrogens with zero attached hydrogens (tertiary/aromatic N) is 2. The Morgan fingerprint density at radius 2 is 2.00 bits per heavy atom. The summed E-state index contributed by atoms with van der Waals surface area (Å²) in [5, 5.41) is 3.91. The molecule has 0 saturated carbocycles. The van der Waals surface area contributed by atoms with E-state index >= 15 is 0 Å². The van der Waals surface area contributed by atoms with E-state index in [0.717, 1.165) is 30.8 Å². The number of nitrogens with one attached hydrogen (secondary N) is 1. The van der Waals surface area contributed by atoms with Crippen LogP contribution in [0.15, 0.2) is 30.6 Å². The summed E-state index contributed by atoms with van der Waals surface area (Å²) in [4.78, 5) is 8.34. The Balaban J connectivity index is 2.16. The maximum atomic E-state index is 6.13. The molecule has 3 nitrogen and oxygen atoms in total. The molecular weight excluding hydrogens is 258 g/mol. The number of halogens is 1.